The zero-order valence-electron chi connectivity index (χ0n) is 13.0. The molecule has 2 aromatic rings. The van der Waals surface area contributed by atoms with E-state index in [4.69, 9.17) is 28.3 Å². The van der Waals surface area contributed by atoms with Gasteiger partial charge in [-0.3, -0.25) is 0 Å². The number of aliphatic hydroxyl groups excluding tert-OH is 1. The van der Waals surface area contributed by atoms with Gasteiger partial charge in [0.05, 0.1) is 27.2 Å². The van der Waals surface area contributed by atoms with Gasteiger partial charge in [-0.2, -0.15) is 26.3 Å². The summed E-state index contributed by atoms with van der Waals surface area (Å²) in [6, 6.07) is 0.955. The van der Waals surface area contributed by atoms with Crippen molar-refractivity contribution in [2.75, 3.05) is 0 Å². The van der Waals surface area contributed by atoms with E-state index in [0.29, 0.717) is 17.4 Å². The highest BCUT2D eigenvalue weighted by Crippen LogP contribution is 2.53. The predicted octanol–water partition coefficient (Wildman–Crippen LogP) is 4.62. The molecule has 0 saturated carbocycles. The van der Waals surface area contributed by atoms with Crippen molar-refractivity contribution in [3.63, 3.8) is 0 Å². The van der Waals surface area contributed by atoms with Crippen molar-refractivity contribution < 1.29 is 46.5 Å². The largest absolute Gasteiger partial charge is 0.476 e. The minimum atomic E-state index is -6.17. The molecular formula is C14H7Cl2F6NO4S. The summed E-state index contributed by atoms with van der Waals surface area (Å²) in [5, 5.41) is 25.1. The van der Waals surface area contributed by atoms with Gasteiger partial charge in [0.2, 0.25) is 5.01 Å². The lowest BCUT2D eigenvalue weighted by Crippen LogP contribution is -2.54. The number of nitrogens with zero attached hydrogens (tertiary/aromatic N) is 1. The molecule has 14 heteroatoms. The van der Waals surface area contributed by atoms with Gasteiger partial charge in [-0.15, -0.1) is 11.3 Å². The Bertz CT molecular complexity index is 914. The quantitative estimate of drug-likeness (QED) is 0.568. The van der Waals surface area contributed by atoms with Gasteiger partial charge in [-0.05, 0) is 0 Å². The third-order valence-electron chi connectivity index (χ3n) is 3.57. The maximum atomic E-state index is 13.1. The molecule has 154 valence electrons. The van der Waals surface area contributed by atoms with Crippen molar-refractivity contribution in [3.05, 3.63) is 38.4 Å². The zero-order valence-corrected chi connectivity index (χ0v) is 15.3. The molecule has 0 radical (unpaired) electrons. The highest BCUT2D eigenvalue weighted by atomic mass is 35.5. The van der Waals surface area contributed by atoms with Crippen LogP contribution in [0.15, 0.2) is 12.1 Å². The Morgan fingerprint density at radius 1 is 1.07 bits per heavy atom. The fraction of sp³-hybridized carbons (Fsp3) is 0.286. The summed E-state index contributed by atoms with van der Waals surface area (Å²) in [5.74, 6) is -1.48. The number of aromatic nitrogens is 1. The molecule has 2 rings (SSSR count). The molecule has 0 saturated heterocycles. The van der Waals surface area contributed by atoms with Gasteiger partial charge < -0.3 is 15.3 Å². The number of thiazole rings is 1. The van der Waals surface area contributed by atoms with Crippen LogP contribution in [0.2, 0.25) is 10.0 Å². The molecule has 0 bridgehead atoms. The molecule has 0 aliphatic heterocycles. The van der Waals surface area contributed by atoms with Crippen molar-refractivity contribution in [1.29, 1.82) is 0 Å². The van der Waals surface area contributed by atoms with E-state index >= 15 is 0 Å². The molecule has 1 aromatic carbocycles. The fourth-order valence-electron chi connectivity index (χ4n) is 2.23. The third kappa shape index (κ3) is 3.54. The van der Waals surface area contributed by atoms with Crippen molar-refractivity contribution in [2.45, 2.75) is 24.6 Å². The molecule has 0 atom stereocenters. The van der Waals surface area contributed by atoms with E-state index in [9.17, 15) is 41.4 Å². The number of benzene rings is 1. The number of rotatable bonds is 4. The van der Waals surface area contributed by atoms with Gasteiger partial charge >= 0.3 is 18.3 Å². The monoisotopic (exact) mass is 469 g/mol. The van der Waals surface area contributed by atoms with E-state index in [0.717, 1.165) is 0 Å². The van der Waals surface area contributed by atoms with Crippen LogP contribution in [0.3, 0.4) is 0 Å². The van der Waals surface area contributed by atoms with Crippen LogP contribution in [-0.2, 0) is 12.2 Å². The second-order valence-electron chi connectivity index (χ2n) is 5.25. The first kappa shape index (κ1) is 22.7. The molecule has 5 nitrogen and oxygen atoms in total. The highest BCUT2D eigenvalue weighted by Gasteiger charge is 2.72. The molecule has 28 heavy (non-hydrogen) atoms. The van der Waals surface area contributed by atoms with Crippen molar-refractivity contribution in [2.24, 2.45) is 0 Å². The smallest absolute Gasteiger partial charge is 0.430 e. The summed E-state index contributed by atoms with van der Waals surface area (Å²) in [6.07, 6.45) is -12.3. The first-order chi connectivity index (χ1) is 12.7. The number of alkyl halides is 6. The SMILES string of the molecule is O=C(O)c1nc(CO)c(-c2ccc(C(O)(C(F)(F)F)C(F)(F)F)c(Cl)c2Cl)s1. The third-order valence-corrected chi connectivity index (χ3v) is 5.57. The van der Waals surface area contributed by atoms with Crippen LogP contribution in [0, 0.1) is 0 Å². The second-order valence-corrected chi connectivity index (χ2v) is 7.01. The Hall–Kier alpha value is -1.60. The van der Waals surface area contributed by atoms with Gasteiger partial charge in [-0.25, -0.2) is 9.78 Å². The lowest BCUT2D eigenvalue weighted by molar-refractivity contribution is -0.376. The first-order valence-corrected chi connectivity index (χ1v) is 8.42. The number of carboxylic acids is 1. The van der Waals surface area contributed by atoms with Gasteiger partial charge in [0.1, 0.15) is 0 Å². The zero-order chi connectivity index (χ0) is 21.7. The Balaban J connectivity index is 2.75. The Labute approximate surface area is 165 Å². The standard InChI is InChI=1S/C14H7Cl2F6NO4S/c15-7-4(9-6(3-24)23-10(28-9)11(25)26)1-2-5(8(7)16)12(27,13(17,18)19)14(20,21)22/h1-2,24,27H,3H2,(H,25,26). The Morgan fingerprint density at radius 3 is 2.04 bits per heavy atom. The molecule has 0 aliphatic rings. The van der Waals surface area contributed by atoms with E-state index in [-0.39, 0.29) is 22.2 Å². The van der Waals surface area contributed by atoms with Crippen molar-refractivity contribution in [3.8, 4) is 10.4 Å². The van der Waals surface area contributed by atoms with E-state index in [1.54, 1.807) is 0 Å². The molecule has 3 N–H and O–H groups in total. The molecule has 0 unspecified atom stereocenters. The van der Waals surface area contributed by atoms with Gasteiger partial charge in [-0.1, -0.05) is 35.3 Å². The number of carbonyl (C=O) groups is 1. The van der Waals surface area contributed by atoms with Crippen LogP contribution in [0.1, 0.15) is 21.1 Å². The van der Waals surface area contributed by atoms with E-state index < -0.39 is 51.1 Å². The van der Waals surface area contributed by atoms with Crippen LogP contribution in [0.25, 0.3) is 10.4 Å². The van der Waals surface area contributed by atoms with Gasteiger partial charge in [0.25, 0.3) is 5.60 Å². The van der Waals surface area contributed by atoms with Gasteiger partial charge in [0.15, 0.2) is 0 Å². The average Bonchev–Trinajstić information content (AvgIpc) is 2.99. The molecule has 0 spiro atoms. The summed E-state index contributed by atoms with van der Waals surface area (Å²) in [6.45, 7) is -0.788. The summed E-state index contributed by atoms with van der Waals surface area (Å²) in [4.78, 5) is 14.5. The summed E-state index contributed by atoms with van der Waals surface area (Å²) in [5.41, 5.74) is -7.54. The number of halogens is 8. The number of hydrogen-bond acceptors (Lipinski definition) is 5. The minimum absolute atomic E-state index is 0.124. The summed E-state index contributed by atoms with van der Waals surface area (Å²) >= 11 is 11.9. The Kier molecular flexibility index (Phi) is 5.94. The maximum Gasteiger partial charge on any atom is 0.430 e. The minimum Gasteiger partial charge on any atom is -0.476 e. The van der Waals surface area contributed by atoms with Crippen molar-refractivity contribution >= 4 is 40.5 Å². The molecular weight excluding hydrogens is 463 g/mol. The highest BCUT2D eigenvalue weighted by molar-refractivity contribution is 7.17. The average molecular weight is 470 g/mol. The first-order valence-electron chi connectivity index (χ1n) is 6.85. The molecule has 0 fully saturated rings. The Morgan fingerprint density at radius 2 is 1.61 bits per heavy atom. The normalized spacial score (nSPS) is 13.1. The van der Waals surface area contributed by atoms with Gasteiger partial charge in [0, 0.05) is 11.1 Å². The van der Waals surface area contributed by atoms with E-state index in [2.05, 4.69) is 4.98 Å². The lowest BCUT2D eigenvalue weighted by Gasteiger charge is -2.33. The summed E-state index contributed by atoms with van der Waals surface area (Å²) < 4.78 is 78.3. The molecule has 1 heterocycles. The molecule has 0 amide bonds. The topological polar surface area (TPSA) is 90.7 Å². The number of carboxylic acid groups (broad SMARTS) is 1. The number of aliphatic hydroxyl groups is 2. The van der Waals surface area contributed by atoms with E-state index in [1.165, 1.54) is 0 Å². The summed E-state index contributed by atoms with van der Waals surface area (Å²) in [7, 11) is 0. The van der Waals surface area contributed by atoms with Crippen molar-refractivity contribution in [1.82, 2.24) is 4.98 Å². The maximum absolute atomic E-state index is 13.1. The van der Waals surface area contributed by atoms with E-state index in [1.807, 2.05) is 0 Å². The number of aromatic carboxylic acids is 1. The van der Waals surface area contributed by atoms with Crippen LogP contribution in [-0.4, -0.2) is 38.6 Å². The predicted molar refractivity (Wildman–Crippen MR) is 86.5 cm³/mol. The fourth-order valence-corrected chi connectivity index (χ4v) is 3.79. The second kappa shape index (κ2) is 7.34. The van der Waals surface area contributed by atoms with Crippen LogP contribution < -0.4 is 0 Å². The molecule has 1 aromatic heterocycles. The van der Waals surface area contributed by atoms with Crippen LogP contribution >= 0.6 is 34.5 Å². The molecule has 0 aliphatic carbocycles. The van der Waals surface area contributed by atoms with Crippen LogP contribution in [0.5, 0.6) is 0 Å². The lowest BCUT2D eigenvalue weighted by atomic mass is 9.91. The van der Waals surface area contributed by atoms with Crippen LogP contribution in [0.4, 0.5) is 26.3 Å². The number of hydrogen-bond donors (Lipinski definition) is 3.